The van der Waals surface area contributed by atoms with E-state index in [1.54, 1.807) is 19.2 Å². The van der Waals surface area contributed by atoms with Crippen LogP contribution in [0.5, 0.6) is 0 Å². The molecule has 1 heterocycles. The van der Waals surface area contributed by atoms with E-state index in [-0.39, 0.29) is 17.5 Å². The van der Waals surface area contributed by atoms with Crippen LogP contribution in [0, 0.1) is 11.7 Å². The summed E-state index contributed by atoms with van der Waals surface area (Å²) in [6.07, 6.45) is 5.26. The zero-order valence-electron chi connectivity index (χ0n) is 16.9. The summed E-state index contributed by atoms with van der Waals surface area (Å²) in [6.45, 7) is 2.27. The molecule has 1 aromatic carbocycles. The molecule has 0 radical (unpaired) electrons. The fraction of sp³-hybridized carbons (Fsp3) is 0.571. The maximum absolute atomic E-state index is 13.6. The van der Waals surface area contributed by atoms with Crippen molar-refractivity contribution in [2.24, 2.45) is 10.9 Å². The summed E-state index contributed by atoms with van der Waals surface area (Å²) >= 11 is 0. The van der Waals surface area contributed by atoms with Gasteiger partial charge in [-0.15, -0.1) is 0 Å². The first kappa shape index (κ1) is 21.1. The third-order valence-corrected chi connectivity index (χ3v) is 5.59. The van der Waals surface area contributed by atoms with Crippen LogP contribution >= 0.6 is 0 Å². The van der Waals surface area contributed by atoms with Crippen molar-refractivity contribution < 1.29 is 14.0 Å². The first-order chi connectivity index (χ1) is 14.1. The van der Waals surface area contributed by atoms with Gasteiger partial charge in [0.2, 0.25) is 5.91 Å². The Bertz CT molecular complexity index is 748. The fourth-order valence-corrected chi connectivity index (χ4v) is 3.99. The van der Waals surface area contributed by atoms with Gasteiger partial charge in [-0.05, 0) is 31.4 Å². The van der Waals surface area contributed by atoms with E-state index in [9.17, 15) is 14.0 Å². The Labute approximate surface area is 171 Å². The van der Waals surface area contributed by atoms with Crippen molar-refractivity contribution in [3.05, 3.63) is 35.6 Å². The molecule has 8 heteroatoms. The van der Waals surface area contributed by atoms with Gasteiger partial charge in [-0.2, -0.15) is 0 Å². The summed E-state index contributed by atoms with van der Waals surface area (Å²) in [4.78, 5) is 30.7. The van der Waals surface area contributed by atoms with Gasteiger partial charge >= 0.3 is 0 Å². The molecule has 2 fully saturated rings. The van der Waals surface area contributed by atoms with E-state index < -0.39 is 11.7 Å². The Balaban J connectivity index is 1.37. The van der Waals surface area contributed by atoms with E-state index in [1.807, 2.05) is 4.90 Å². The molecule has 1 aliphatic carbocycles. The standard InChI is InChI=1S/C21H30FN5O2/c1-23-21(25-12-11-24-19(28)17-8-4-5-9-18(17)22)26-16-10-13-27(14-16)20(29)15-6-2-3-7-15/h4-5,8-9,15-16H,2-3,6-7,10-14H2,1H3,(H,24,28)(H2,23,25,26). The Morgan fingerprint density at radius 1 is 1.14 bits per heavy atom. The topological polar surface area (TPSA) is 85.8 Å². The van der Waals surface area contributed by atoms with Crippen LogP contribution in [-0.4, -0.2) is 61.9 Å². The molecule has 29 heavy (non-hydrogen) atoms. The quantitative estimate of drug-likeness (QED) is 0.382. The predicted octanol–water partition coefficient (Wildman–Crippen LogP) is 1.51. The second-order valence-corrected chi connectivity index (χ2v) is 7.63. The van der Waals surface area contributed by atoms with Crippen molar-refractivity contribution in [1.29, 1.82) is 0 Å². The van der Waals surface area contributed by atoms with Crippen molar-refractivity contribution in [2.45, 2.75) is 38.1 Å². The van der Waals surface area contributed by atoms with E-state index in [0.29, 0.717) is 31.5 Å². The van der Waals surface area contributed by atoms with Gasteiger partial charge in [0, 0.05) is 45.2 Å². The maximum Gasteiger partial charge on any atom is 0.254 e. The first-order valence-electron chi connectivity index (χ1n) is 10.4. The number of aliphatic imine (C=N–C) groups is 1. The lowest BCUT2D eigenvalue weighted by molar-refractivity contribution is -0.134. The monoisotopic (exact) mass is 403 g/mol. The van der Waals surface area contributed by atoms with E-state index in [1.165, 1.54) is 12.1 Å². The molecule has 0 bridgehead atoms. The lowest BCUT2D eigenvalue weighted by Crippen LogP contribution is -2.47. The van der Waals surface area contributed by atoms with E-state index >= 15 is 0 Å². The third kappa shape index (κ3) is 5.68. The summed E-state index contributed by atoms with van der Waals surface area (Å²) in [7, 11) is 1.68. The highest BCUT2D eigenvalue weighted by molar-refractivity contribution is 5.94. The van der Waals surface area contributed by atoms with Crippen LogP contribution in [-0.2, 0) is 4.79 Å². The van der Waals surface area contributed by atoms with Gasteiger partial charge in [0.15, 0.2) is 5.96 Å². The van der Waals surface area contributed by atoms with E-state index in [4.69, 9.17) is 0 Å². The van der Waals surface area contributed by atoms with Crippen LogP contribution in [0.25, 0.3) is 0 Å². The normalized spacial score (nSPS) is 20.0. The summed E-state index contributed by atoms with van der Waals surface area (Å²) in [5, 5.41) is 9.18. The van der Waals surface area contributed by atoms with Gasteiger partial charge in [-0.1, -0.05) is 25.0 Å². The van der Waals surface area contributed by atoms with Gasteiger partial charge in [0.25, 0.3) is 5.91 Å². The molecule has 1 saturated carbocycles. The Morgan fingerprint density at radius 2 is 1.86 bits per heavy atom. The Kier molecular flexibility index (Phi) is 7.43. The van der Waals surface area contributed by atoms with Crippen LogP contribution < -0.4 is 16.0 Å². The molecule has 0 spiro atoms. The van der Waals surface area contributed by atoms with Gasteiger partial charge in [0.1, 0.15) is 5.82 Å². The molecule has 3 rings (SSSR count). The highest BCUT2D eigenvalue weighted by Crippen LogP contribution is 2.27. The number of carbonyl (C=O) groups excluding carboxylic acids is 2. The van der Waals surface area contributed by atoms with Crippen molar-refractivity contribution in [3.8, 4) is 0 Å². The number of nitrogens with zero attached hydrogens (tertiary/aromatic N) is 2. The molecule has 3 N–H and O–H groups in total. The van der Waals surface area contributed by atoms with Crippen LogP contribution in [0.1, 0.15) is 42.5 Å². The minimum Gasteiger partial charge on any atom is -0.355 e. The predicted molar refractivity (Wildman–Crippen MR) is 110 cm³/mol. The average molecular weight is 404 g/mol. The minimum atomic E-state index is -0.534. The third-order valence-electron chi connectivity index (χ3n) is 5.59. The van der Waals surface area contributed by atoms with Crippen molar-refractivity contribution >= 4 is 17.8 Å². The minimum absolute atomic E-state index is 0.0352. The van der Waals surface area contributed by atoms with Gasteiger partial charge < -0.3 is 20.9 Å². The lowest BCUT2D eigenvalue weighted by atomic mass is 10.1. The fourth-order valence-electron chi connectivity index (χ4n) is 3.99. The summed E-state index contributed by atoms with van der Waals surface area (Å²) < 4.78 is 13.6. The molecule has 1 atom stereocenters. The summed E-state index contributed by atoms with van der Waals surface area (Å²) in [5.41, 5.74) is 0.0352. The van der Waals surface area contributed by atoms with Gasteiger partial charge in [-0.25, -0.2) is 4.39 Å². The number of amides is 2. The summed E-state index contributed by atoms with van der Waals surface area (Å²) in [6, 6.07) is 6.07. The SMILES string of the molecule is CN=C(NCCNC(=O)c1ccccc1F)NC1CCN(C(=O)C2CCCC2)C1. The molecule has 0 aromatic heterocycles. The maximum atomic E-state index is 13.6. The number of rotatable bonds is 6. The number of guanidine groups is 1. The molecular weight excluding hydrogens is 373 g/mol. The van der Waals surface area contributed by atoms with Crippen LogP contribution in [0.15, 0.2) is 29.3 Å². The second-order valence-electron chi connectivity index (χ2n) is 7.63. The van der Waals surface area contributed by atoms with Gasteiger partial charge in [0.05, 0.1) is 5.56 Å². The molecule has 7 nitrogen and oxygen atoms in total. The van der Waals surface area contributed by atoms with Crippen LogP contribution in [0.2, 0.25) is 0 Å². The average Bonchev–Trinajstić information content (AvgIpc) is 3.42. The number of nitrogens with one attached hydrogen (secondary N) is 3. The number of hydrogen-bond acceptors (Lipinski definition) is 3. The highest BCUT2D eigenvalue weighted by Gasteiger charge is 2.32. The number of likely N-dealkylation sites (tertiary alicyclic amines) is 1. The highest BCUT2D eigenvalue weighted by atomic mass is 19.1. The van der Waals surface area contributed by atoms with E-state index in [2.05, 4.69) is 20.9 Å². The number of carbonyl (C=O) groups is 2. The van der Waals surface area contributed by atoms with Crippen LogP contribution in [0.3, 0.4) is 0 Å². The Hall–Kier alpha value is -2.64. The Morgan fingerprint density at radius 3 is 2.59 bits per heavy atom. The lowest BCUT2D eigenvalue weighted by Gasteiger charge is -2.21. The van der Waals surface area contributed by atoms with Crippen LogP contribution in [0.4, 0.5) is 4.39 Å². The van der Waals surface area contributed by atoms with Crippen molar-refractivity contribution in [1.82, 2.24) is 20.9 Å². The van der Waals surface area contributed by atoms with Crippen molar-refractivity contribution in [2.75, 3.05) is 33.2 Å². The number of hydrogen-bond donors (Lipinski definition) is 3. The van der Waals surface area contributed by atoms with Crippen molar-refractivity contribution in [3.63, 3.8) is 0 Å². The van der Waals surface area contributed by atoms with Gasteiger partial charge in [-0.3, -0.25) is 14.6 Å². The molecule has 2 aliphatic rings. The largest absolute Gasteiger partial charge is 0.355 e. The smallest absolute Gasteiger partial charge is 0.254 e. The summed E-state index contributed by atoms with van der Waals surface area (Å²) in [5.74, 6) is 0.165. The second kappa shape index (κ2) is 10.2. The zero-order chi connectivity index (χ0) is 20.6. The molecule has 2 amide bonds. The number of halogens is 1. The molecule has 1 aromatic rings. The van der Waals surface area contributed by atoms with E-state index in [0.717, 1.165) is 38.6 Å². The molecule has 1 aliphatic heterocycles. The zero-order valence-corrected chi connectivity index (χ0v) is 16.9. The first-order valence-corrected chi connectivity index (χ1v) is 10.4. The molecule has 1 unspecified atom stereocenters. The molecular formula is C21H30FN5O2. The number of benzene rings is 1. The molecule has 1 saturated heterocycles. The molecule has 158 valence electrons.